The number of ether oxygens (including phenoxy) is 3. The maximum Gasteiger partial charge on any atom is 0.289 e. The van der Waals surface area contributed by atoms with Crippen LogP contribution in [-0.2, 0) is 29.9 Å². The standard InChI is InChI=1S/C22H23NO6S/c1-27-19-4-2-3-5-20(19)30(25,26)16-8-9-18-17(13-16)22(21(24)23-18)28-11-10-15(29-22)12-14-6-7-14/h2-5,8-9,13-15H,6-7,10-12H2,1H3,(H,23,24)/t15?,22-/m1/s1. The number of rotatable bonds is 5. The van der Waals surface area contributed by atoms with E-state index in [-0.39, 0.29) is 21.6 Å². The van der Waals surface area contributed by atoms with Gasteiger partial charge in [0.2, 0.25) is 9.84 Å². The van der Waals surface area contributed by atoms with Gasteiger partial charge in [0.25, 0.3) is 11.7 Å². The molecule has 1 saturated carbocycles. The molecule has 0 bridgehead atoms. The normalized spacial score (nSPS) is 25.8. The highest BCUT2D eigenvalue weighted by Gasteiger charge is 2.53. The fraction of sp³-hybridized carbons (Fsp3) is 0.409. The number of sulfone groups is 1. The monoisotopic (exact) mass is 429 g/mol. The molecule has 0 aromatic heterocycles. The zero-order valence-electron chi connectivity index (χ0n) is 16.6. The molecular formula is C22H23NO6S. The topological polar surface area (TPSA) is 90.9 Å². The maximum absolute atomic E-state index is 13.3. The molecule has 2 heterocycles. The fourth-order valence-electron chi connectivity index (χ4n) is 4.18. The van der Waals surface area contributed by atoms with Crippen molar-refractivity contribution >= 4 is 21.4 Å². The fourth-order valence-corrected chi connectivity index (χ4v) is 5.63. The first-order chi connectivity index (χ1) is 14.4. The third kappa shape index (κ3) is 3.10. The van der Waals surface area contributed by atoms with Crippen molar-refractivity contribution < 1.29 is 27.4 Å². The molecule has 3 aliphatic rings. The van der Waals surface area contributed by atoms with Crippen LogP contribution in [0.15, 0.2) is 52.3 Å². The summed E-state index contributed by atoms with van der Waals surface area (Å²) in [5.41, 5.74) is 0.912. The molecule has 1 amide bonds. The number of anilines is 1. The Kier molecular flexibility index (Phi) is 4.61. The van der Waals surface area contributed by atoms with Gasteiger partial charge in [-0.15, -0.1) is 0 Å². The van der Waals surface area contributed by atoms with Gasteiger partial charge in [-0.05, 0) is 49.1 Å². The van der Waals surface area contributed by atoms with E-state index in [0.717, 1.165) is 12.8 Å². The predicted molar refractivity (Wildman–Crippen MR) is 108 cm³/mol. The first-order valence-corrected chi connectivity index (χ1v) is 11.6. The Balaban J connectivity index is 1.55. The summed E-state index contributed by atoms with van der Waals surface area (Å²) in [7, 11) is -2.44. The van der Waals surface area contributed by atoms with Gasteiger partial charge in [0.15, 0.2) is 0 Å². The third-order valence-electron chi connectivity index (χ3n) is 5.93. The molecule has 2 atom stereocenters. The number of hydrogen-bond acceptors (Lipinski definition) is 6. The highest BCUT2D eigenvalue weighted by molar-refractivity contribution is 7.91. The molecular weight excluding hydrogens is 406 g/mol. The van der Waals surface area contributed by atoms with Crippen LogP contribution < -0.4 is 10.1 Å². The Hall–Kier alpha value is -2.42. The van der Waals surface area contributed by atoms with Crippen LogP contribution in [0.3, 0.4) is 0 Å². The van der Waals surface area contributed by atoms with Crippen molar-refractivity contribution in [3.8, 4) is 5.75 Å². The number of hydrogen-bond donors (Lipinski definition) is 1. The lowest BCUT2D eigenvalue weighted by molar-refractivity contribution is -0.281. The molecule has 158 valence electrons. The van der Waals surface area contributed by atoms with Crippen LogP contribution >= 0.6 is 0 Å². The Morgan fingerprint density at radius 1 is 1.17 bits per heavy atom. The van der Waals surface area contributed by atoms with Crippen LogP contribution in [0.2, 0.25) is 0 Å². The van der Waals surface area contributed by atoms with Crippen molar-refractivity contribution in [2.45, 2.75) is 47.4 Å². The molecule has 0 radical (unpaired) electrons. The van der Waals surface area contributed by atoms with Crippen LogP contribution in [0.5, 0.6) is 5.75 Å². The highest BCUT2D eigenvalue weighted by atomic mass is 32.2. The van der Waals surface area contributed by atoms with Crippen molar-refractivity contribution in [2.75, 3.05) is 19.0 Å². The zero-order chi connectivity index (χ0) is 20.9. The molecule has 1 unspecified atom stereocenters. The summed E-state index contributed by atoms with van der Waals surface area (Å²) < 4.78 is 43.9. The Morgan fingerprint density at radius 2 is 1.97 bits per heavy atom. The van der Waals surface area contributed by atoms with E-state index < -0.39 is 21.5 Å². The summed E-state index contributed by atoms with van der Waals surface area (Å²) in [4.78, 5) is 13.0. The number of carbonyl (C=O) groups excluding carboxylic acids is 1. The minimum absolute atomic E-state index is 0.0538. The molecule has 1 saturated heterocycles. The summed E-state index contributed by atoms with van der Waals surface area (Å²) in [5.74, 6) is -1.10. The molecule has 1 aliphatic carbocycles. The van der Waals surface area contributed by atoms with E-state index in [0.29, 0.717) is 23.8 Å². The largest absolute Gasteiger partial charge is 0.495 e. The van der Waals surface area contributed by atoms with E-state index in [2.05, 4.69) is 5.32 Å². The number of amides is 1. The minimum Gasteiger partial charge on any atom is -0.495 e. The van der Waals surface area contributed by atoms with Gasteiger partial charge >= 0.3 is 0 Å². The smallest absolute Gasteiger partial charge is 0.289 e. The average Bonchev–Trinajstić information content (AvgIpc) is 3.53. The van der Waals surface area contributed by atoms with Gasteiger partial charge < -0.3 is 19.5 Å². The lowest BCUT2D eigenvalue weighted by Crippen LogP contribution is -2.47. The minimum atomic E-state index is -3.87. The van der Waals surface area contributed by atoms with E-state index in [1.54, 1.807) is 24.3 Å². The first-order valence-electron chi connectivity index (χ1n) is 10.1. The number of carbonyl (C=O) groups is 1. The number of fused-ring (bicyclic) bond motifs is 2. The molecule has 7 nitrogen and oxygen atoms in total. The van der Waals surface area contributed by atoms with Crippen molar-refractivity contribution in [3.05, 3.63) is 48.0 Å². The van der Waals surface area contributed by atoms with Crippen LogP contribution in [0.25, 0.3) is 0 Å². The van der Waals surface area contributed by atoms with Crippen LogP contribution in [0, 0.1) is 5.92 Å². The lowest BCUT2D eigenvalue weighted by Gasteiger charge is -2.37. The second-order valence-corrected chi connectivity index (χ2v) is 9.91. The van der Waals surface area contributed by atoms with Crippen LogP contribution in [0.1, 0.15) is 31.2 Å². The second kappa shape index (κ2) is 7.08. The predicted octanol–water partition coefficient (Wildman–Crippen LogP) is 3.24. The number of benzene rings is 2. The van der Waals surface area contributed by atoms with Crippen LogP contribution in [0.4, 0.5) is 5.69 Å². The molecule has 2 aromatic rings. The van der Waals surface area contributed by atoms with Crippen molar-refractivity contribution in [1.82, 2.24) is 0 Å². The second-order valence-electron chi connectivity index (χ2n) is 7.99. The lowest BCUT2D eigenvalue weighted by atomic mass is 10.0. The number of para-hydroxylation sites is 1. The Bertz CT molecular complexity index is 1110. The summed E-state index contributed by atoms with van der Waals surface area (Å²) in [6, 6.07) is 11.0. The van der Waals surface area contributed by atoms with Crippen molar-refractivity contribution in [2.24, 2.45) is 5.92 Å². The van der Waals surface area contributed by atoms with Crippen LogP contribution in [-0.4, -0.2) is 34.1 Å². The van der Waals surface area contributed by atoms with Gasteiger partial charge in [-0.1, -0.05) is 25.0 Å². The molecule has 1 spiro atoms. The van der Waals surface area contributed by atoms with E-state index >= 15 is 0 Å². The summed E-state index contributed by atoms with van der Waals surface area (Å²) in [6.45, 7) is 0.383. The van der Waals surface area contributed by atoms with Gasteiger partial charge in [-0.2, -0.15) is 0 Å². The Morgan fingerprint density at radius 3 is 2.73 bits per heavy atom. The molecule has 2 aromatic carbocycles. The van der Waals surface area contributed by atoms with Gasteiger partial charge in [0.1, 0.15) is 10.6 Å². The van der Waals surface area contributed by atoms with E-state index in [1.165, 1.54) is 38.2 Å². The molecule has 2 aliphatic heterocycles. The SMILES string of the molecule is COc1ccccc1S(=O)(=O)c1ccc2c(c1)[C@]1(OCCC(CC3CC3)O1)C(=O)N2. The van der Waals surface area contributed by atoms with Crippen molar-refractivity contribution in [3.63, 3.8) is 0 Å². The van der Waals surface area contributed by atoms with E-state index in [4.69, 9.17) is 14.2 Å². The van der Waals surface area contributed by atoms with E-state index in [1.807, 2.05) is 0 Å². The third-order valence-corrected chi connectivity index (χ3v) is 7.72. The molecule has 2 fully saturated rings. The molecule has 5 rings (SSSR count). The summed E-state index contributed by atoms with van der Waals surface area (Å²) >= 11 is 0. The zero-order valence-corrected chi connectivity index (χ0v) is 17.4. The number of nitrogens with one attached hydrogen (secondary N) is 1. The molecule has 1 N–H and O–H groups in total. The quantitative estimate of drug-likeness (QED) is 0.785. The van der Waals surface area contributed by atoms with Gasteiger partial charge in [-0.25, -0.2) is 8.42 Å². The maximum atomic E-state index is 13.3. The number of methoxy groups -OCH3 is 1. The highest BCUT2D eigenvalue weighted by Crippen LogP contribution is 2.46. The first kappa shape index (κ1) is 19.5. The molecule has 8 heteroatoms. The van der Waals surface area contributed by atoms with Crippen molar-refractivity contribution in [1.29, 1.82) is 0 Å². The summed E-state index contributed by atoms with van der Waals surface area (Å²) in [6.07, 6.45) is 3.92. The van der Waals surface area contributed by atoms with E-state index in [9.17, 15) is 13.2 Å². The Labute approximate surface area is 175 Å². The van der Waals surface area contributed by atoms with Gasteiger partial charge in [0.05, 0.1) is 30.4 Å². The average molecular weight is 429 g/mol. The summed E-state index contributed by atoms with van der Waals surface area (Å²) in [5, 5.41) is 2.78. The van der Waals surface area contributed by atoms with Gasteiger partial charge in [0, 0.05) is 5.56 Å². The van der Waals surface area contributed by atoms with Gasteiger partial charge in [-0.3, -0.25) is 4.79 Å². The molecule has 30 heavy (non-hydrogen) atoms.